The number of rotatable bonds is 2. The Hall–Kier alpha value is -1.55. The zero-order valence-electron chi connectivity index (χ0n) is 8.05. The van der Waals surface area contributed by atoms with Crippen molar-refractivity contribution in [2.75, 3.05) is 0 Å². The minimum atomic E-state index is 0.230. The molecule has 0 aliphatic heterocycles. The quantitative estimate of drug-likeness (QED) is 0.743. The van der Waals surface area contributed by atoms with E-state index in [0.29, 0.717) is 0 Å². The van der Waals surface area contributed by atoms with Crippen LogP contribution in [0.15, 0.2) is 54.6 Å². The van der Waals surface area contributed by atoms with E-state index in [4.69, 9.17) is 5.26 Å². The van der Waals surface area contributed by atoms with Crippen molar-refractivity contribution in [3.05, 3.63) is 60.2 Å². The van der Waals surface area contributed by atoms with E-state index in [1.54, 1.807) is 0 Å². The van der Waals surface area contributed by atoms with Crippen molar-refractivity contribution in [1.29, 1.82) is 5.26 Å². The third-order valence-corrected chi connectivity index (χ3v) is 4.25. The second-order valence-electron chi connectivity index (χ2n) is 3.02. The molecule has 1 nitrogen and oxygen atoms in total. The van der Waals surface area contributed by atoms with Crippen molar-refractivity contribution in [1.82, 2.24) is 0 Å². The van der Waals surface area contributed by atoms with E-state index in [0.717, 1.165) is 10.0 Å². The van der Waals surface area contributed by atoms with Crippen molar-refractivity contribution < 1.29 is 0 Å². The summed E-state index contributed by atoms with van der Waals surface area (Å²) in [4.78, 5) is 0. The molecule has 0 bridgehead atoms. The van der Waals surface area contributed by atoms with Gasteiger partial charge in [0.05, 0.1) is 0 Å². The fourth-order valence-electron chi connectivity index (χ4n) is 1.26. The minimum absolute atomic E-state index is 0.230. The molecule has 0 atom stereocenters. The Morgan fingerprint density at radius 1 is 0.867 bits per heavy atom. The second-order valence-corrected chi connectivity index (χ2v) is 5.36. The Morgan fingerprint density at radius 3 is 2.27 bits per heavy atom. The first-order valence-corrected chi connectivity index (χ1v) is 6.33. The molecule has 2 heteroatoms. The van der Waals surface area contributed by atoms with Crippen LogP contribution in [0.1, 0.15) is 5.56 Å². The van der Waals surface area contributed by atoms with Crippen molar-refractivity contribution in [2.24, 2.45) is 0 Å². The molecule has 0 radical (unpaired) electrons. The Labute approximate surface area is 95.5 Å². The van der Waals surface area contributed by atoms with Crippen molar-refractivity contribution >= 4 is 23.9 Å². The fourth-order valence-corrected chi connectivity index (χ4v) is 3.19. The molecule has 0 amide bonds. The van der Waals surface area contributed by atoms with Gasteiger partial charge in [-0.25, -0.2) is 0 Å². The summed E-state index contributed by atoms with van der Waals surface area (Å²) in [6, 6.07) is 20.3. The standard InChI is InChI=1S/C13H9NSe/c14-10-11-6-4-5-9-13(11)15-12-7-2-1-3-8-12/h1-9H. The molecule has 0 N–H and O–H groups in total. The molecule has 0 saturated carbocycles. The number of hydrogen-bond donors (Lipinski definition) is 0. The maximum absolute atomic E-state index is 8.96. The molecule has 2 aromatic carbocycles. The number of hydrogen-bond acceptors (Lipinski definition) is 1. The third-order valence-electron chi connectivity index (χ3n) is 1.98. The molecule has 0 heterocycles. The van der Waals surface area contributed by atoms with Crippen LogP contribution < -0.4 is 8.92 Å². The molecular formula is C13H9NSe. The van der Waals surface area contributed by atoms with Gasteiger partial charge in [-0.05, 0) is 0 Å². The van der Waals surface area contributed by atoms with Gasteiger partial charge in [-0.1, -0.05) is 0 Å². The van der Waals surface area contributed by atoms with Gasteiger partial charge in [-0.2, -0.15) is 0 Å². The summed E-state index contributed by atoms with van der Waals surface area (Å²) >= 11 is 0.230. The zero-order valence-corrected chi connectivity index (χ0v) is 9.76. The summed E-state index contributed by atoms with van der Waals surface area (Å²) in [6.45, 7) is 0. The van der Waals surface area contributed by atoms with Crippen molar-refractivity contribution in [3.63, 3.8) is 0 Å². The summed E-state index contributed by atoms with van der Waals surface area (Å²) in [5.74, 6) is 0. The first-order chi connectivity index (χ1) is 7.40. The topological polar surface area (TPSA) is 23.8 Å². The van der Waals surface area contributed by atoms with Crippen LogP contribution in [0.3, 0.4) is 0 Å². The van der Waals surface area contributed by atoms with Gasteiger partial charge >= 0.3 is 95.4 Å². The van der Waals surface area contributed by atoms with Gasteiger partial charge in [0.2, 0.25) is 0 Å². The molecule has 0 aliphatic rings. The van der Waals surface area contributed by atoms with E-state index in [1.807, 2.05) is 42.5 Å². The van der Waals surface area contributed by atoms with E-state index >= 15 is 0 Å². The van der Waals surface area contributed by atoms with E-state index in [9.17, 15) is 0 Å². The zero-order chi connectivity index (χ0) is 10.5. The van der Waals surface area contributed by atoms with Crippen LogP contribution in [0.25, 0.3) is 0 Å². The normalized spacial score (nSPS) is 9.53. The van der Waals surface area contributed by atoms with Crippen LogP contribution in [-0.4, -0.2) is 15.0 Å². The summed E-state index contributed by atoms with van der Waals surface area (Å²) in [5, 5.41) is 8.96. The van der Waals surface area contributed by atoms with Gasteiger partial charge in [0.1, 0.15) is 0 Å². The first-order valence-electron chi connectivity index (χ1n) is 4.62. The van der Waals surface area contributed by atoms with Gasteiger partial charge in [0.15, 0.2) is 0 Å². The Balaban J connectivity index is 2.29. The third kappa shape index (κ3) is 2.47. The monoisotopic (exact) mass is 259 g/mol. The summed E-state index contributed by atoms with van der Waals surface area (Å²) in [6.07, 6.45) is 0. The molecule has 0 unspecified atom stereocenters. The summed E-state index contributed by atoms with van der Waals surface area (Å²) in [5.41, 5.74) is 0.793. The molecule has 0 saturated heterocycles. The summed E-state index contributed by atoms with van der Waals surface area (Å²) < 4.78 is 2.45. The second kappa shape index (κ2) is 4.79. The van der Waals surface area contributed by atoms with Gasteiger partial charge in [-0.3, -0.25) is 0 Å². The average Bonchev–Trinajstić information content (AvgIpc) is 2.31. The van der Waals surface area contributed by atoms with Crippen LogP contribution in [0.5, 0.6) is 0 Å². The predicted octanol–water partition coefficient (Wildman–Crippen LogP) is 1.21. The Kier molecular flexibility index (Phi) is 3.19. The first kappa shape index (κ1) is 9.98. The van der Waals surface area contributed by atoms with E-state index in [2.05, 4.69) is 18.2 Å². The molecule has 72 valence electrons. The molecule has 0 aliphatic carbocycles. The average molecular weight is 258 g/mol. The Bertz CT molecular complexity index is 485. The number of nitrogens with zero attached hydrogens (tertiary/aromatic N) is 1. The van der Waals surface area contributed by atoms with E-state index < -0.39 is 0 Å². The molecular weight excluding hydrogens is 249 g/mol. The van der Waals surface area contributed by atoms with Crippen LogP contribution in [0, 0.1) is 11.3 Å². The SMILES string of the molecule is N#Cc1ccccc1[Se]c1ccccc1. The number of nitriles is 1. The van der Waals surface area contributed by atoms with Gasteiger partial charge in [0.25, 0.3) is 0 Å². The van der Waals surface area contributed by atoms with Crippen LogP contribution in [-0.2, 0) is 0 Å². The van der Waals surface area contributed by atoms with E-state index in [-0.39, 0.29) is 15.0 Å². The molecule has 15 heavy (non-hydrogen) atoms. The summed E-state index contributed by atoms with van der Waals surface area (Å²) in [7, 11) is 0. The van der Waals surface area contributed by atoms with Crippen LogP contribution >= 0.6 is 0 Å². The maximum atomic E-state index is 8.96. The van der Waals surface area contributed by atoms with Gasteiger partial charge in [-0.15, -0.1) is 0 Å². The molecule has 2 rings (SSSR count). The fraction of sp³-hybridized carbons (Fsp3) is 0. The van der Waals surface area contributed by atoms with Crippen molar-refractivity contribution in [3.8, 4) is 6.07 Å². The predicted molar refractivity (Wildman–Crippen MR) is 62.6 cm³/mol. The molecule has 0 spiro atoms. The Morgan fingerprint density at radius 2 is 1.53 bits per heavy atom. The van der Waals surface area contributed by atoms with E-state index in [1.165, 1.54) is 4.46 Å². The molecule has 0 aromatic heterocycles. The van der Waals surface area contributed by atoms with Gasteiger partial charge in [0, 0.05) is 0 Å². The molecule has 0 fully saturated rings. The van der Waals surface area contributed by atoms with Gasteiger partial charge < -0.3 is 0 Å². The molecule has 2 aromatic rings. The number of benzene rings is 2. The van der Waals surface area contributed by atoms with Crippen LogP contribution in [0.2, 0.25) is 0 Å². The van der Waals surface area contributed by atoms with Crippen LogP contribution in [0.4, 0.5) is 0 Å². The van der Waals surface area contributed by atoms with Crippen molar-refractivity contribution in [2.45, 2.75) is 0 Å².